The fourth-order valence-corrected chi connectivity index (χ4v) is 3.26. The summed E-state index contributed by atoms with van der Waals surface area (Å²) in [6.07, 6.45) is 1.18. The van der Waals surface area contributed by atoms with E-state index in [1.807, 2.05) is 11.8 Å². The number of hydrogen-bond donors (Lipinski definition) is 1. The molecule has 1 unspecified atom stereocenters. The topological polar surface area (TPSA) is 21.3 Å². The lowest BCUT2D eigenvalue weighted by atomic mass is 10.1. The van der Waals surface area contributed by atoms with Crippen LogP contribution in [0.4, 0.5) is 0 Å². The highest BCUT2D eigenvalue weighted by Crippen LogP contribution is 2.36. The van der Waals surface area contributed by atoms with Gasteiger partial charge >= 0.3 is 0 Å². The predicted molar refractivity (Wildman–Crippen MR) is 73.7 cm³/mol. The van der Waals surface area contributed by atoms with E-state index in [0.29, 0.717) is 5.25 Å². The van der Waals surface area contributed by atoms with E-state index in [4.69, 9.17) is 4.74 Å². The third-order valence-corrected chi connectivity index (χ3v) is 4.51. The highest BCUT2D eigenvalue weighted by molar-refractivity contribution is 8.00. The van der Waals surface area contributed by atoms with Gasteiger partial charge in [0.05, 0.1) is 5.60 Å². The molecule has 94 valence electrons. The normalized spacial score (nSPS) is 19.4. The van der Waals surface area contributed by atoms with Crippen molar-refractivity contribution in [1.29, 1.82) is 0 Å². The van der Waals surface area contributed by atoms with Crippen LogP contribution in [0.25, 0.3) is 0 Å². The van der Waals surface area contributed by atoms with Crippen LogP contribution in [0.5, 0.6) is 0 Å². The summed E-state index contributed by atoms with van der Waals surface area (Å²) in [5.74, 6) is 0. The number of hydrogen-bond acceptors (Lipinski definition) is 3. The zero-order valence-electron chi connectivity index (χ0n) is 10.8. The molecule has 0 amide bonds. The summed E-state index contributed by atoms with van der Waals surface area (Å²) in [6.45, 7) is 6.16. The molecule has 0 radical (unpaired) electrons. The molecule has 0 fully saturated rings. The second-order valence-electron chi connectivity index (χ2n) is 5.15. The SMILES string of the molecule is COC(C)(C)CNCC1Cc2ccccc2S1. The Morgan fingerprint density at radius 1 is 1.41 bits per heavy atom. The van der Waals surface area contributed by atoms with Gasteiger partial charge in [-0.15, -0.1) is 11.8 Å². The summed E-state index contributed by atoms with van der Waals surface area (Å²) in [4.78, 5) is 1.45. The zero-order chi connectivity index (χ0) is 12.3. The standard InChI is InChI=1S/C14H21NOS/c1-14(2,16-3)10-15-9-12-8-11-6-4-5-7-13(11)17-12/h4-7,12,15H,8-10H2,1-3H3. The van der Waals surface area contributed by atoms with Crippen LogP contribution in [0.3, 0.4) is 0 Å². The number of rotatable bonds is 5. The first-order valence-electron chi connectivity index (χ1n) is 6.11. The Balaban J connectivity index is 1.77. The van der Waals surface area contributed by atoms with Crippen molar-refractivity contribution >= 4 is 11.8 Å². The average Bonchev–Trinajstić information content (AvgIpc) is 2.71. The van der Waals surface area contributed by atoms with Gasteiger partial charge in [0.2, 0.25) is 0 Å². The first-order valence-corrected chi connectivity index (χ1v) is 6.99. The summed E-state index contributed by atoms with van der Waals surface area (Å²) >= 11 is 1.99. The van der Waals surface area contributed by atoms with E-state index in [1.165, 1.54) is 16.9 Å². The molecular weight excluding hydrogens is 230 g/mol. The molecule has 1 aromatic carbocycles. The van der Waals surface area contributed by atoms with E-state index >= 15 is 0 Å². The molecule has 1 aromatic rings. The minimum atomic E-state index is -0.0733. The van der Waals surface area contributed by atoms with Crippen molar-refractivity contribution in [2.24, 2.45) is 0 Å². The molecule has 17 heavy (non-hydrogen) atoms. The third-order valence-electron chi connectivity index (χ3n) is 3.19. The van der Waals surface area contributed by atoms with Crippen LogP contribution >= 0.6 is 11.8 Å². The number of nitrogens with one attached hydrogen (secondary N) is 1. The van der Waals surface area contributed by atoms with E-state index in [1.54, 1.807) is 7.11 Å². The lowest BCUT2D eigenvalue weighted by Crippen LogP contribution is -2.39. The Morgan fingerprint density at radius 2 is 2.18 bits per heavy atom. The largest absolute Gasteiger partial charge is 0.377 e. The van der Waals surface area contributed by atoms with Crippen LogP contribution in [-0.4, -0.2) is 31.1 Å². The predicted octanol–water partition coefficient (Wildman–Crippen LogP) is 2.72. The fourth-order valence-electron chi connectivity index (χ4n) is 1.97. The number of thioether (sulfide) groups is 1. The van der Waals surface area contributed by atoms with Gasteiger partial charge in [-0.1, -0.05) is 18.2 Å². The van der Waals surface area contributed by atoms with Crippen LogP contribution in [0.15, 0.2) is 29.2 Å². The van der Waals surface area contributed by atoms with Crippen molar-refractivity contribution in [3.8, 4) is 0 Å². The smallest absolute Gasteiger partial charge is 0.0746 e. The lowest BCUT2D eigenvalue weighted by Gasteiger charge is -2.24. The number of benzene rings is 1. The molecule has 1 aliphatic heterocycles. The van der Waals surface area contributed by atoms with E-state index < -0.39 is 0 Å². The third kappa shape index (κ3) is 3.47. The minimum absolute atomic E-state index is 0.0733. The Bertz CT molecular complexity index is 353. The van der Waals surface area contributed by atoms with E-state index in [9.17, 15) is 0 Å². The fraction of sp³-hybridized carbons (Fsp3) is 0.571. The second kappa shape index (κ2) is 5.42. The summed E-state index contributed by atoms with van der Waals surface area (Å²) in [6, 6.07) is 8.71. The van der Waals surface area contributed by atoms with Crippen LogP contribution < -0.4 is 5.32 Å². The molecule has 2 rings (SSSR count). The van der Waals surface area contributed by atoms with Gasteiger partial charge in [-0.2, -0.15) is 0 Å². The summed E-state index contributed by atoms with van der Waals surface area (Å²) < 4.78 is 5.39. The minimum Gasteiger partial charge on any atom is -0.377 e. The number of ether oxygens (including phenoxy) is 1. The molecule has 2 nitrogen and oxygen atoms in total. The Kier molecular flexibility index (Phi) is 4.13. The highest BCUT2D eigenvalue weighted by Gasteiger charge is 2.22. The van der Waals surface area contributed by atoms with Crippen molar-refractivity contribution in [3.05, 3.63) is 29.8 Å². The quantitative estimate of drug-likeness (QED) is 0.869. The first kappa shape index (κ1) is 12.9. The molecule has 0 bridgehead atoms. The lowest BCUT2D eigenvalue weighted by molar-refractivity contribution is 0.0235. The zero-order valence-corrected chi connectivity index (χ0v) is 11.6. The summed E-state index contributed by atoms with van der Waals surface area (Å²) in [5, 5.41) is 4.17. The van der Waals surface area contributed by atoms with E-state index in [0.717, 1.165) is 13.1 Å². The highest BCUT2D eigenvalue weighted by atomic mass is 32.2. The molecule has 1 heterocycles. The maximum Gasteiger partial charge on any atom is 0.0746 e. The van der Waals surface area contributed by atoms with Crippen LogP contribution in [0.1, 0.15) is 19.4 Å². The number of methoxy groups -OCH3 is 1. The molecule has 0 saturated heterocycles. The number of fused-ring (bicyclic) bond motifs is 1. The van der Waals surface area contributed by atoms with Gasteiger partial charge in [0.1, 0.15) is 0 Å². The van der Waals surface area contributed by atoms with Gasteiger partial charge in [0.25, 0.3) is 0 Å². The van der Waals surface area contributed by atoms with Gasteiger partial charge in [-0.25, -0.2) is 0 Å². The van der Waals surface area contributed by atoms with Gasteiger partial charge in [-0.05, 0) is 31.9 Å². The van der Waals surface area contributed by atoms with Crippen LogP contribution in [0, 0.1) is 0 Å². The van der Waals surface area contributed by atoms with Crippen LogP contribution in [0.2, 0.25) is 0 Å². The van der Waals surface area contributed by atoms with E-state index in [2.05, 4.69) is 43.4 Å². The van der Waals surface area contributed by atoms with Crippen molar-refractivity contribution in [1.82, 2.24) is 5.32 Å². The van der Waals surface area contributed by atoms with E-state index in [-0.39, 0.29) is 5.60 Å². The summed E-state index contributed by atoms with van der Waals surface area (Å²) in [7, 11) is 1.77. The molecule has 1 aliphatic rings. The molecule has 0 saturated carbocycles. The van der Waals surface area contributed by atoms with Crippen molar-refractivity contribution in [2.45, 2.75) is 36.0 Å². The van der Waals surface area contributed by atoms with Gasteiger partial charge in [0.15, 0.2) is 0 Å². The Hall–Kier alpha value is -0.510. The molecule has 0 spiro atoms. The Morgan fingerprint density at radius 3 is 2.88 bits per heavy atom. The molecule has 0 aliphatic carbocycles. The van der Waals surface area contributed by atoms with Crippen molar-refractivity contribution in [2.75, 3.05) is 20.2 Å². The molecule has 1 atom stereocenters. The monoisotopic (exact) mass is 251 g/mol. The first-order chi connectivity index (χ1) is 8.11. The maximum atomic E-state index is 5.39. The van der Waals surface area contributed by atoms with Gasteiger partial charge < -0.3 is 10.1 Å². The van der Waals surface area contributed by atoms with Crippen molar-refractivity contribution in [3.63, 3.8) is 0 Å². The molecule has 0 aromatic heterocycles. The Labute approximate surface area is 108 Å². The second-order valence-corrected chi connectivity index (χ2v) is 6.49. The van der Waals surface area contributed by atoms with Gasteiger partial charge in [-0.3, -0.25) is 0 Å². The van der Waals surface area contributed by atoms with Crippen LogP contribution in [-0.2, 0) is 11.2 Å². The molecule has 3 heteroatoms. The average molecular weight is 251 g/mol. The van der Waals surface area contributed by atoms with Gasteiger partial charge in [0, 0.05) is 30.3 Å². The molecule has 1 N–H and O–H groups in total. The molecular formula is C14H21NOS. The summed E-state index contributed by atoms with van der Waals surface area (Å²) in [5.41, 5.74) is 1.42. The maximum absolute atomic E-state index is 5.39. The van der Waals surface area contributed by atoms with Crippen molar-refractivity contribution < 1.29 is 4.74 Å².